The van der Waals surface area contributed by atoms with Gasteiger partial charge in [-0.15, -0.1) is 0 Å². The number of amides is 3. The smallest absolute Gasteiger partial charge is 0.319 e. The topological polar surface area (TPSA) is 72.9 Å². The molecule has 2 N–H and O–H groups in total. The number of urea groups is 1. The number of likely N-dealkylation sites (tertiary alicyclic amines) is 1. The number of hydrogen-bond acceptors (Lipinski definition) is 3. The first-order valence-corrected chi connectivity index (χ1v) is 7.37. The summed E-state index contributed by atoms with van der Waals surface area (Å²) >= 11 is 0. The minimum absolute atomic E-state index is 0.00144. The summed E-state index contributed by atoms with van der Waals surface area (Å²) in [5.41, 5.74) is 0. The van der Waals surface area contributed by atoms with Gasteiger partial charge in [-0.1, -0.05) is 6.92 Å². The van der Waals surface area contributed by atoms with Gasteiger partial charge >= 0.3 is 6.03 Å². The summed E-state index contributed by atoms with van der Waals surface area (Å²) in [5.74, 6) is -0.137. The Morgan fingerprint density at radius 3 is 2.70 bits per heavy atom. The van der Waals surface area contributed by atoms with Crippen LogP contribution < -0.4 is 5.32 Å². The van der Waals surface area contributed by atoms with Gasteiger partial charge in [0.05, 0.1) is 5.92 Å². The zero-order valence-electron chi connectivity index (χ0n) is 12.8. The van der Waals surface area contributed by atoms with Crippen LogP contribution in [0.2, 0.25) is 0 Å². The van der Waals surface area contributed by atoms with E-state index in [9.17, 15) is 9.59 Å². The van der Waals surface area contributed by atoms with Gasteiger partial charge in [0.1, 0.15) is 0 Å². The molecule has 0 saturated carbocycles. The van der Waals surface area contributed by atoms with Crippen molar-refractivity contribution in [1.29, 1.82) is 0 Å². The molecule has 3 amide bonds. The molecule has 0 spiro atoms. The van der Waals surface area contributed by atoms with Crippen molar-refractivity contribution in [3.63, 3.8) is 0 Å². The first kappa shape index (κ1) is 16.8. The van der Waals surface area contributed by atoms with Gasteiger partial charge < -0.3 is 20.2 Å². The van der Waals surface area contributed by atoms with E-state index in [1.165, 1.54) is 0 Å². The second-order valence-corrected chi connectivity index (χ2v) is 5.59. The van der Waals surface area contributed by atoms with Gasteiger partial charge in [0.2, 0.25) is 5.91 Å². The lowest BCUT2D eigenvalue weighted by Gasteiger charge is -2.34. The molecule has 116 valence electrons. The molecule has 1 aliphatic heterocycles. The zero-order valence-corrected chi connectivity index (χ0v) is 12.8. The van der Waals surface area contributed by atoms with E-state index >= 15 is 0 Å². The van der Waals surface area contributed by atoms with Crippen LogP contribution in [0.25, 0.3) is 0 Å². The number of piperidine rings is 1. The van der Waals surface area contributed by atoms with Gasteiger partial charge in [0.25, 0.3) is 0 Å². The number of aliphatic hydroxyl groups is 1. The number of carbonyl (C=O) groups is 2. The number of nitrogens with one attached hydrogen (secondary N) is 1. The van der Waals surface area contributed by atoms with E-state index in [2.05, 4.69) is 5.32 Å². The summed E-state index contributed by atoms with van der Waals surface area (Å²) in [5, 5.41) is 11.9. The highest BCUT2D eigenvalue weighted by Gasteiger charge is 2.29. The van der Waals surface area contributed by atoms with E-state index in [0.717, 1.165) is 19.3 Å². The van der Waals surface area contributed by atoms with Gasteiger partial charge in [-0.2, -0.15) is 0 Å². The molecule has 0 aromatic rings. The number of aliphatic hydroxyl groups excluding tert-OH is 1. The van der Waals surface area contributed by atoms with Gasteiger partial charge in [-0.05, 0) is 25.7 Å². The highest BCUT2D eigenvalue weighted by Crippen LogP contribution is 2.18. The molecule has 0 aliphatic carbocycles. The summed E-state index contributed by atoms with van der Waals surface area (Å²) < 4.78 is 0. The molecule has 1 saturated heterocycles. The Balaban J connectivity index is 2.53. The Labute approximate surface area is 121 Å². The highest BCUT2D eigenvalue weighted by atomic mass is 16.3. The fourth-order valence-corrected chi connectivity index (χ4v) is 2.50. The Kier molecular flexibility index (Phi) is 6.78. The van der Waals surface area contributed by atoms with Crippen LogP contribution in [0, 0.1) is 5.92 Å². The quantitative estimate of drug-likeness (QED) is 0.779. The molecular weight excluding hydrogens is 258 g/mol. The molecule has 2 atom stereocenters. The van der Waals surface area contributed by atoms with Crippen LogP contribution in [0.3, 0.4) is 0 Å². The number of nitrogens with zero attached hydrogens (tertiary/aromatic N) is 2. The normalized spacial score (nSPS) is 20.4. The maximum absolute atomic E-state index is 12.2. The standard InChI is InChI=1S/C14H27N3O3/c1-4-12(7-9-18)15-13(19)11-6-5-8-17(10-11)14(20)16(2)3/h11-12,18H,4-10H2,1-3H3,(H,15,19). The number of carbonyl (C=O) groups excluding carboxylic acids is 2. The van der Waals surface area contributed by atoms with Crippen LogP contribution in [0.1, 0.15) is 32.6 Å². The van der Waals surface area contributed by atoms with E-state index in [-0.39, 0.29) is 30.5 Å². The van der Waals surface area contributed by atoms with E-state index in [1.54, 1.807) is 23.9 Å². The molecule has 20 heavy (non-hydrogen) atoms. The van der Waals surface area contributed by atoms with Crippen molar-refractivity contribution >= 4 is 11.9 Å². The molecular formula is C14H27N3O3. The van der Waals surface area contributed by atoms with E-state index in [1.807, 2.05) is 6.92 Å². The summed E-state index contributed by atoms with van der Waals surface area (Å²) in [6.45, 7) is 3.27. The third kappa shape index (κ3) is 4.67. The molecule has 1 heterocycles. The molecule has 2 unspecified atom stereocenters. The summed E-state index contributed by atoms with van der Waals surface area (Å²) in [6.07, 6.45) is 3.06. The summed E-state index contributed by atoms with van der Waals surface area (Å²) in [7, 11) is 3.45. The maximum Gasteiger partial charge on any atom is 0.319 e. The Morgan fingerprint density at radius 2 is 2.15 bits per heavy atom. The molecule has 0 aromatic heterocycles. The Hall–Kier alpha value is -1.30. The van der Waals surface area contributed by atoms with Gasteiger partial charge in [0.15, 0.2) is 0 Å². The third-order valence-electron chi connectivity index (χ3n) is 3.76. The Morgan fingerprint density at radius 1 is 1.45 bits per heavy atom. The SMILES string of the molecule is CCC(CCO)NC(=O)C1CCCN(C(=O)N(C)C)C1. The molecule has 1 fully saturated rings. The fourth-order valence-electron chi connectivity index (χ4n) is 2.50. The average molecular weight is 285 g/mol. The molecule has 1 aliphatic rings. The van der Waals surface area contributed by atoms with Gasteiger partial charge in [0, 0.05) is 39.8 Å². The van der Waals surface area contributed by atoms with Crippen LogP contribution in [-0.2, 0) is 4.79 Å². The monoisotopic (exact) mass is 285 g/mol. The van der Waals surface area contributed by atoms with E-state index in [4.69, 9.17) is 5.11 Å². The zero-order chi connectivity index (χ0) is 15.1. The number of hydrogen-bond donors (Lipinski definition) is 2. The lowest BCUT2D eigenvalue weighted by atomic mass is 9.96. The lowest BCUT2D eigenvalue weighted by molar-refractivity contribution is -0.127. The van der Waals surface area contributed by atoms with E-state index < -0.39 is 0 Å². The first-order chi connectivity index (χ1) is 9.49. The molecule has 0 bridgehead atoms. The fraction of sp³-hybridized carbons (Fsp3) is 0.857. The second-order valence-electron chi connectivity index (χ2n) is 5.59. The van der Waals surface area contributed by atoms with Crippen molar-refractivity contribution in [1.82, 2.24) is 15.1 Å². The van der Waals surface area contributed by atoms with Crippen molar-refractivity contribution in [2.24, 2.45) is 5.92 Å². The molecule has 1 rings (SSSR count). The maximum atomic E-state index is 12.2. The average Bonchev–Trinajstić information content (AvgIpc) is 2.45. The van der Waals surface area contributed by atoms with Gasteiger partial charge in [-0.25, -0.2) is 4.79 Å². The van der Waals surface area contributed by atoms with Crippen LogP contribution in [0.4, 0.5) is 4.79 Å². The number of rotatable bonds is 5. The largest absolute Gasteiger partial charge is 0.396 e. The molecule has 0 radical (unpaired) electrons. The third-order valence-corrected chi connectivity index (χ3v) is 3.76. The predicted octanol–water partition coefficient (Wildman–Crippen LogP) is 0.657. The van der Waals surface area contributed by atoms with Crippen molar-refractivity contribution in [2.45, 2.75) is 38.6 Å². The minimum atomic E-state index is -0.139. The minimum Gasteiger partial charge on any atom is -0.396 e. The van der Waals surface area contributed by atoms with Crippen LogP contribution in [0.15, 0.2) is 0 Å². The Bertz CT molecular complexity index is 334. The van der Waals surface area contributed by atoms with Crippen LogP contribution in [0.5, 0.6) is 0 Å². The van der Waals surface area contributed by atoms with Crippen molar-refractivity contribution in [3.05, 3.63) is 0 Å². The van der Waals surface area contributed by atoms with Crippen molar-refractivity contribution in [2.75, 3.05) is 33.8 Å². The first-order valence-electron chi connectivity index (χ1n) is 7.37. The lowest BCUT2D eigenvalue weighted by Crippen LogP contribution is -2.49. The van der Waals surface area contributed by atoms with Gasteiger partial charge in [-0.3, -0.25) is 4.79 Å². The van der Waals surface area contributed by atoms with Crippen molar-refractivity contribution < 1.29 is 14.7 Å². The predicted molar refractivity (Wildman–Crippen MR) is 77.3 cm³/mol. The highest BCUT2D eigenvalue weighted by molar-refractivity contribution is 5.81. The van der Waals surface area contributed by atoms with E-state index in [0.29, 0.717) is 19.5 Å². The summed E-state index contributed by atoms with van der Waals surface area (Å²) in [6, 6.07) is -0.0164. The molecule has 6 heteroatoms. The molecule has 0 aromatic carbocycles. The van der Waals surface area contributed by atoms with Crippen LogP contribution >= 0.6 is 0 Å². The second kappa shape index (κ2) is 8.09. The molecule has 6 nitrogen and oxygen atoms in total. The van der Waals surface area contributed by atoms with Crippen molar-refractivity contribution in [3.8, 4) is 0 Å². The van der Waals surface area contributed by atoms with Crippen LogP contribution in [-0.4, -0.2) is 66.7 Å². The summed E-state index contributed by atoms with van der Waals surface area (Å²) in [4.78, 5) is 27.4.